The van der Waals surface area contributed by atoms with Gasteiger partial charge in [-0.25, -0.2) is 4.98 Å². The Morgan fingerprint density at radius 3 is 2.76 bits per heavy atom. The standard InChI is InChI=1S/C21H23N3O4S/c1-23(2)9-10-24(21-22-19-16(26-3)5-4-6-18(19)29-21)20(25)14-7-8-15-17(13-14)28-12-11-27-15/h4-8,13H,9-12H2,1-3H3/p+1. The molecular weight excluding hydrogens is 390 g/mol. The van der Waals surface area contributed by atoms with Gasteiger partial charge in [-0.15, -0.1) is 0 Å². The van der Waals surface area contributed by atoms with Crippen molar-refractivity contribution in [2.45, 2.75) is 0 Å². The highest BCUT2D eigenvalue weighted by Gasteiger charge is 2.24. The van der Waals surface area contributed by atoms with E-state index in [2.05, 4.69) is 14.1 Å². The van der Waals surface area contributed by atoms with Crippen molar-refractivity contribution in [3.05, 3.63) is 42.0 Å². The van der Waals surface area contributed by atoms with E-state index < -0.39 is 0 Å². The van der Waals surface area contributed by atoms with Gasteiger partial charge in [0.25, 0.3) is 5.91 Å². The first-order chi connectivity index (χ1) is 14.1. The number of quaternary nitrogens is 1. The van der Waals surface area contributed by atoms with E-state index >= 15 is 0 Å². The number of rotatable bonds is 6. The number of ether oxygens (including phenoxy) is 3. The Balaban J connectivity index is 1.71. The van der Waals surface area contributed by atoms with Crippen LogP contribution < -0.4 is 24.0 Å². The minimum Gasteiger partial charge on any atom is -0.494 e. The molecule has 2 aromatic carbocycles. The average Bonchev–Trinajstić information content (AvgIpc) is 3.17. The van der Waals surface area contributed by atoms with Crippen LogP contribution in [0.2, 0.25) is 0 Å². The predicted octanol–water partition coefficient (Wildman–Crippen LogP) is 1.87. The summed E-state index contributed by atoms with van der Waals surface area (Å²) < 4.78 is 17.6. The lowest BCUT2D eigenvalue weighted by molar-refractivity contribution is -0.856. The molecule has 1 amide bonds. The molecule has 1 aliphatic heterocycles. The SMILES string of the molecule is COc1cccc2sc(N(CC[NH+](C)C)C(=O)c3ccc4c(c3)OCCO4)nc12. The maximum Gasteiger partial charge on any atom is 0.260 e. The first-order valence-corrected chi connectivity index (χ1v) is 10.3. The number of benzene rings is 2. The van der Waals surface area contributed by atoms with Crippen LogP contribution in [-0.4, -0.2) is 58.4 Å². The normalized spacial score (nSPS) is 13.0. The highest BCUT2D eigenvalue weighted by molar-refractivity contribution is 7.22. The highest BCUT2D eigenvalue weighted by atomic mass is 32.1. The summed E-state index contributed by atoms with van der Waals surface area (Å²) in [6, 6.07) is 11.1. The second-order valence-electron chi connectivity index (χ2n) is 7.08. The number of carbonyl (C=O) groups is 1. The van der Waals surface area contributed by atoms with E-state index in [4.69, 9.17) is 19.2 Å². The van der Waals surface area contributed by atoms with Gasteiger partial charge in [0.2, 0.25) is 0 Å². The van der Waals surface area contributed by atoms with Crippen molar-refractivity contribution >= 4 is 32.6 Å². The molecule has 8 heteroatoms. The average molecular weight is 415 g/mol. The lowest BCUT2D eigenvalue weighted by atomic mass is 10.1. The number of methoxy groups -OCH3 is 1. The fourth-order valence-electron chi connectivity index (χ4n) is 3.14. The fourth-order valence-corrected chi connectivity index (χ4v) is 4.15. The molecule has 0 aliphatic carbocycles. The van der Waals surface area contributed by atoms with Gasteiger partial charge >= 0.3 is 0 Å². The Morgan fingerprint density at radius 1 is 1.21 bits per heavy atom. The molecule has 7 nitrogen and oxygen atoms in total. The summed E-state index contributed by atoms with van der Waals surface area (Å²) in [4.78, 5) is 21.2. The van der Waals surface area contributed by atoms with Gasteiger partial charge in [0, 0.05) is 5.56 Å². The summed E-state index contributed by atoms with van der Waals surface area (Å²) >= 11 is 1.49. The van der Waals surface area contributed by atoms with Crippen molar-refractivity contribution < 1.29 is 23.9 Å². The van der Waals surface area contributed by atoms with E-state index in [9.17, 15) is 4.79 Å². The number of nitrogens with one attached hydrogen (secondary N) is 1. The molecule has 0 saturated heterocycles. The summed E-state index contributed by atoms with van der Waals surface area (Å²) in [5.74, 6) is 1.87. The van der Waals surface area contributed by atoms with Gasteiger partial charge in [0.05, 0.1) is 39.0 Å². The zero-order chi connectivity index (χ0) is 20.4. The van der Waals surface area contributed by atoms with Gasteiger partial charge in [0.1, 0.15) is 24.5 Å². The number of likely N-dealkylation sites (N-methyl/N-ethyl adjacent to an activating group) is 1. The lowest BCUT2D eigenvalue weighted by Gasteiger charge is -2.22. The summed E-state index contributed by atoms with van der Waals surface area (Å²) in [5.41, 5.74) is 1.32. The van der Waals surface area contributed by atoms with E-state index in [0.717, 1.165) is 16.8 Å². The fraction of sp³-hybridized carbons (Fsp3) is 0.333. The number of fused-ring (bicyclic) bond motifs is 2. The number of amides is 1. The van der Waals surface area contributed by atoms with Crippen LogP contribution in [0.15, 0.2) is 36.4 Å². The van der Waals surface area contributed by atoms with Gasteiger partial charge in [0.15, 0.2) is 16.6 Å². The summed E-state index contributed by atoms with van der Waals surface area (Å²) in [6.07, 6.45) is 0. The number of nitrogens with zero attached hydrogens (tertiary/aromatic N) is 2. The predicted molar refractivity (Wildman–Crippen MR) is 113 cm³/mol. The number of hydrogen-bond acceptors (Lipinski definition) is 6. The Hall–Kier alpha value is -2.84. The molecule has 1 aliphatic rings. The molecule has 0 spiro atoms. The van der Waals surface area contributed by atoms with E-state index in [1.807, 2.05) is 18.2 Å². The summed E-state index contributed by atoms with van der Waals surface area (Å²) in [5, 5.41) is 0.658. The third-order valence-corrected chi connectivity index (χ3v) is 5.73. The van der Waals surface area contributed by atoms with Crippen molar-refractivity contribution in [1.29, 1.82) is 0 Å². The van der Waals surface area contributed by atoms with Crippen molar-refractivity contribution in [2.24, 2.45) is 0 Å². The van der Waals surface area contributed by atoms with Crippen molar-refractivity contribution in [1.82, 2.24) is 4.98 Å². The zero-order valence-corrected chi connectivity index (χ0v) is 17.5. The second kappa shape index (κ2) is 8.26. The van der Waals surface area contributed by atoms with Gasteiger partial charge in [-0.1, -0.05) is 17.4 Å². The van der Waals surface area contributed by atoms with Crippen LogP contribution in [0.1, 0.15) is 10.4 Å². The van der Waals surface area contributed by atoms with Gasteiger partial charge in [-0.3, -0.25) is 9.69 Å². The number of para-hydroxylation sites is 1. The molecule has 0 saturated carbocycles. The third kappa shape index (κ3) is 3.99. The molecule has 0 unspecified atom stereocenters. The topological polar surface area (TPSA) is 65.3 Å². The molecule has 1 aromatic heterocycles. The lowest BCUT2D eigenvalue weighted by Crippen LogP contribution is -3.06. The summed E-state index contributed by atoms with van der Waals surface area (Å²) in [6.45, 7) is 2.35. The van der Waals surface area contributed by atoms with Crippen molar-refractivity contribution in [3.63, 3.8) is 0 Å². The molecule has 29 heavy (non-hydrogen) atoms. The van der Waals surface area contributed by atoms with Gasteiger partial charge in [-0.2, -0.15) is 0 Å². The summed E-state index contributed by atoms with van der Waals surface area (Å²) in [7, 11) is 5.75. The molecule has 0 fully saturated rings. The highest BCUT2D eigenvalue weighted by Crippen LogP contribution is 2.35. The second-order valence-corrected chi connectivity index (χ2v) is 8.08. The molecule has 2 heterocycles. The first kappa shape index (κ1) is 19.5. The quantitative estimate of drug-likeness (QED) is 0.667. The minimum absolute atomic E-state index is 0.110. The molecule has 3 aromatic rings. The zero-order valence-electron chi connectivity index (χ0n) is 16.7. The van der Waals surface area contributed by atoms with Crippen LogP contribution in [-0.2, 0) is 0 Å². The molecular formula is C21H24N3O4S+. The maximum atomic E-state index is 13.4. The van der Waals surface area contributed by atoms with Gasteiger partial charge < -0.3 is 19.1 Å². The smallest absolute Gasteiger partial charge is 0.260 e. The molecule has 0 atom stereocenters. The molecule has 1 N–H and O–H groups in total. The molecule has 0 bridgehead atoms. The third-order valence-electron chi connectivity index (χ3n) is 4.69. The molecule has 0 radical (unpaired) electrons. The van der Waals surface area contributed by atoms with E-state index in [-0.39, 0.29) is 5.91 Å². The first-order valence-electron chi connectivity index (χ1n) is 9.51. The van der Waals surface area contributed by atoms with Crippen molar-refractivity contribution in [2.75, 3.05) is 52.4 Å². The van der Waals surface area contributed by atoms with Crippen LogP contribution in [0.25, 0.3) is 10.2 Å². The maximum absolute atomic E-state index is 13.4. The van der Waals surface area contributed by atoms with Gasteiger partial charge in [-0.05, 0) is 30.3 Å². The molecule has 152 valence electrons. The molecule has 4 rings (SSSR count). The number of hydrogen-bond donors (Lipinski definition) is 1. The number of anilines is 1. The number of thiazole rings is 1. The monoisotopic (exact) mass is 414 g/mol. The van der Waals surface area contributed by atoms with Crippen molar-refractivity contribution in [3.8, 4) is 17.2 Å². The number of aromatic nitrogens is 1. The van der Waals surface area contributed by atoms with E-state index in [1.165, 1.54) is 16.2 Å². The Labute approximate surface area is 173 Å². The Kier molecular flexibility index (Phi) is 5.55. The Bertz CT molecular complexity index is 1030. The van der Waals surface area contributed by atoms with Crippen LogP contribution in [0.3, 0.4) is 0 Å². The van der Waals surface area contributed by atoms with Crippen LogP contribution in [0.4, 0.5) is 5.13 Å². The Morgan fingerprint density at radius 2 is 2.00 bits per heavy atom. The van der Waals surface area contributed by atoms with E-state index in [1.54, 1.807) is 30.2 Å². The van der Waals surface area contributed by atoms with Crippen LogP contribution >= 0.6 is 11.3 Å². The minimum atomic E-state index is -0.110. The largest absolute Gasteiger partial charge is 0.494 e. The van der Waals surface area contributed by atoms with Crippen LogP contribution in [0.5, 0.6) is 17.2 Å². The number of carbonyl (C=O) groups excluding carboxylic acids is 1. The van der Waals surface area contributed by atoms with Crippen LogP contribution in [0, 0.1) is 0 Å². The van der Waals surface area contributed by atoms with E-state index in [0.29, 0.717) is 47.7 Å².